The van der Waals surface area contributed by atoms with Gasteiger partial charge in [-0.1, -0.05) is 41.9 Å². The number of anilines is 1. The van der Waals surface area contributed by atoms with E-state index in [0.717, 1.165) is 0 Å². The van der Waals surface area contributed by atoms with E-state index in [0.29, 0.717) is 21.8 Å². The first kappa shape index (κ1) is 14.9. The first-order chi connectivity index (χ1) is 10.1. The Hall–Kier alpha value is -2.51. The molecule has 0 radical (unpaired) electrons. The fourth-order valence-corrected chi connectivity index (χ4v) is 2.18. The van der Waals surface area contributed by atoms with Gasteiger partial charge in [-0.15, -0.1) is 0 Å². The summed E-state index contributed by atoms with van der Waals surface area (Å²) in [4.78, 5) is 11.4. The van der Waals surface area contributed by atoms with Crippen LogP contribution in [-0.4, -0.2) is 17.6 Å². The lowest BCUT2D eigenvalue weighted by molar-refractivity contribution is -0.138. The molecule has 0 aliphatic rings. The molecule has 0 amide bonds. The van der Waals surface area contributed by atoms with Gasteiger partial charge in [0.2, 0.25) is 0 Å². The van der Waals surface area contributed by atoms with Crippen LogP contribution in [0.25, 0.3) is 0 Å². The summed E-state index contributed by atoms with van der Waals surface area (Å²) >= 11 is 5.90. The number of carboxylic acid groups (broad SMARTS) is 1. The highest BCUT2D eigenvalue weighted by atomic mass is 35.5. The van der Waals surface area contributed by atoms with Crippen molar-refractivity contribution in [3.05, 3.63) is 64.7 Å². The van der Waals surface area contributed by atoms with E-state index >= 15 is 0 Å². The summed E-state index contributed by atoms with van der Waals surface area (Å²) in [6, 6.07) is 15.8. The van der Waals surface area contributed by atoms with Crippen LogP contribution in [0.4, 0.5) is 5.69 Å². The maximum Gasteiger partial charge on any atom is 0.312 e. The summed E-state index contributed by atoms with van der Waals surface area (Å²) < 4.78 is 0. The highest BCUT2D eigenvalue weighted by molar-refractivity contribution is 6.30. The minimum Gasteiger partial charge on any atom is -0.481 e. The molecule has 5 heteroatoms. The van der Waals surface area contributed by atoms with Crippen molar-refractivity contribution >= 4 is 23.3 Å². The van der Waals surface area contributed by atoms with Gasteiger partial charge in [-0.05, 0) is 23.8 Å². The number of halogens is 1. The molecule has 21 heavy (non-hydrogen) atoms. The summed E-state index contributed by atoms with van der Waals surface area (Å²) in [5, 5.41) is 21.9. The van der Waals surface area contributed by atoms with Gasteiger partial charge in [0.1, 0.15) is 6.07 Å². The Bertz CT molecular complexity index is 680. The zero-order valence-corrected chi connectivity index (χ0v) is 11.8. The quantitative estimate of drug-likeness (QED) is 0.886. The van der Waals surface area contributed by atoms with Gasteiger partial charge in [0.25, 0.3) is 0 Å². The lowest BCUT2D eigenvalue weighted by Gasteiger charge is -2.15. The number of aliphatic carboxylic acids is 1. The summed E-state index contributed by atoms with van der Waals surface area (Å²) in [6.07, 6.45) is 0. The zero-order chi connectivity index (χ0) is 15.2. The fraction of sp³-hybridized carbons (Fsp3) is 0.125. The Kier molecular flexibility index (Phi) is 4.81. The Morgan fingerprint density at radius 2 is 2.00 bits per heavy atom. The fourth-order valence-electron chi connectivity index (χ4n) is 2.01. The third-order valence-corrected chi connectivity index (χ3v) is 3.33. The first-order valence-electron chi connectivity index (χ1n) is 6.33. The Labute approximate surface area is 127 Å². The highest BCUT2D eigenvalue weighted by Gasteiger charge is 2.19. The first-order valence-corrected chi connectivity index (χ1v) is 6.71. The van der Waals surface area contributed by atoms with E-state index in [4.69, 9.17) is 16.9 Å². The summed E-state index contributed by atoms with van der Waals surface area (Å²) in [5.41, 5.74) is 1.67. The van der Waals surface area contributed by atoms with Crippen molar-refractivity contribution in [3.63, 3.8) is 0 Å². The molecule has 2 aromatic carbocycles. The molecule has 0 aliphatic heterocycles. The third-order valence-electron chi connectivity index (χ3n) is 3.10. The number of nitrogens with zero attached hydrogens (tertiary/aromatic N) is 1. The highest BCUT2D eigenvalue weighted by Crippen LogP contribution is 2.22. The topological polar surface area (TPSA) is 73.1 Å². The minimum absolute atomic E-state index is 0.175. The van der Waals surface area contributed by atoms with Gasteiger partial charge < -0.3 is 10.4 Å². The molecule has 0 saturated carbocycles. The molecule has 0 aliphatic carbocycles. The molecule has 0 heterocycles. The predicted octanol–water partition coefficient (Wildman–Crippen LogP) is 3.49. The van der Waals surface area contributed by atoms with E-state index in [9.17, 15) is 9.90 Å². The normalized spacial score (nSPS) is 11.4. The molecular weight excluding hydrogens is 288 g/mol. The average molecular weight is 301 g/mol. The van der Waals surface area contributed by atoms with Crippen molar-refractivity contribution in [1.29, 1.82) is 5.26 Å². The van der Waals surface area contributed by atoms with Gasteiger partial charge >= 0.3 is 5.97 Å². The number of hydrogen-bond donors (Lipinski definition) is 2. The Morgan fingerprint density at radius 1 is 1.29 bits per heavy atom. The number of hydrogen-bond acceptors (Lipinski definition) is 3. The van der Waals surface area contributed by atoms with Crippen LogP contribution in [0.2, 0.25) is 5.02 Å². The van der Waals surface area contributed by atoms with E-state index in [2.05, 4.69) is 5.32 Å². The van der Waals surface area contributed by atoms with Crippen LogP contribution in [-0.2, 0) is 4.79 Å². The standard InChI is InChI=1S/C16H13ClN2O2/c17-13-7-6-12(9-18)15(8-13)19-10-14(16(20)21)11-4-2-1-3-5-11/h1-8,14,19H,10H2,(H,20,21). The van der Waals surface area contributed by atoms with E-state index in [1.165, 1.54) is 0 Å². The number of carbonyl (C=O) groups is 1. The number of nitriles is 1. The molecule has 2 N–H and O–H groups in total. The number of benzene rings is 2. The van der Waals surface area contributed by atoms with Gasteiger partial charge in [0.05, 0.1) is 17.2 Å². The maximum atomic E-state index is 11.4. The van der Waals surface area contributed by atoms with Crippen LogP contribution < -0.4 is 5.32 Å². The zero-order valence-electron chi connectivity index (χ0n) is 11.1. The molecule has 2 rings (SSSR count). The van der Waals surface area contributed by atoms with Crippen molar-refractivity contribution in [2.45, 2.75) is 5.92 Å². The van der Waals surface area contributed by atoms with Gasteiger partial charge in [0, 0.05) is 11.6 Å². The van der Waals surface area contributed by atoms with Crippen LogP contribution in [0.15, 0.2) is 48.5 Å². The molecule has 0 fully saturated rings. The minimum atomic E-state index is -0.922. The smallest absolute Gasteiger partial charge is 0.312 e. The molecule has 0 saturated heterocycles. The molecule has 2 aromatic rings. The molecule has 0 spiro atoms. The monoisotopic (exact) mass is 300 g/mol. The van der Waals surface area contributed by atoms with Crippen LogP contribution in [0.5, 0.6) is 0 Å². The summed E-state index contributed by atoms with van der Waals surface area (Å²) in [5.74, 6) is -1.62. The van der Waals surface area contributed by atoms with Gasteiger partial charge in [-0.2, -0.15) is 5.26 Å². The number of rotatable bonds is 5. The number of nitrogens with one attached hydrogen (secondary N) is 1. The Morgan fingerprint density at radius 3 is 2.62 bits per heavy atom. The molecule has 4 nitrogen and oxygen atoms in total. The van der Waals surface area contributed by atoms with Gasteiger partial charge in [0.15, 0.2) is 0 Å². The van der Waals surface area contributed by atoms with Crippen LogP contribution in [0, 0.1) is 11.3 Å². The summed E-state index contributed by atoms with van der Waals surface area (Å²) in [7, 11) is 0. The second kappa shape index (κ2) is 6.78. The van der Waals surface area contributed by atoms with Crippen molar-refractivity contribution < 1.29 is 9.90 Å². The second-order valence-corrected chi connectivity index (χ2v) is 4.92. The van der Waals surface area contributed by atoms with Crippen LogP contribution in [0.3, 0.4) is 0 Å². The van der Waals surface area contributed by atoms with E-state index in [1.807, 2.05) is 12.1 Å². The van der Waals surface area contributed by atoms with E-state index < -0.39 is 11.9 Å². The molecule has 0 aromatic heterocycles. The molecule has 1 atom stereocenters. The maximum absolute atomic E-state index is 11.4. The van der Waals surface area contributed by atoms with Gasteiger partial charge in [-0.25, -0.2) is 0 Å². The predicted molar refractivity (Wildman–Crippen MR) is 81.5 cm³/mol. The lowest BCUT2D eigenvalue weighted by Crippen LogP contribution is -2.21. The Balaban J connectivity index is 2.19. The van der Waals surface area contributed by atoms with Crippen LogP contribution >= 0.6 is 11.6 Å². The van der Waals surface area contributed by atoms with E-state index in [1.54, 1.807) is 42.5 Å². The van der Waals surface area contributed by atoms with E-state index in [-0.39, 0.29) is 6.54 Å². The molecular formula is C16H13ClN2O2. The number of carboxylic acids is 1. The molecule has 106 valence electrons. The molecule has 1 unspecified atom stereocenters. The third kappa shape index (κ3) is 3.74. The largest absolute Gasteiger partial charge is 0.481 e. The van der Waals surface area contributed by atoms with Crippen molar-refractivity contribution in [3.8, 4) is 6.07 Å². The van der Waals surface area contributed by atoms with Crippen LogP contribution in [0.1, 0.15) is 17.0 Å². The summed E-state index contributed by atoms with van der Waals surface area (Å²) in [6.45, 7) is 0.175. The average Bonchev–Trinajstić information content (AvgIpc) is 2.48. The molecule has 0 bridgehead atoms. The van der Waals surface area contributed by atoms with Crippen molar-refractivity contribution in [2.75, 3.05) is 11.9 Å². The second-order valence-electron chi connectivity index (χ2n) is 4.48. The van der Waals surface area contributed by atoms with Gasteiger partial charge in [-0.3, -0.25) is 4.79 Å². The lowest BCUT2D eigenvalue weighted by atomic mass is 9.99. The van der Waals surface area contributed by atoms with Crippen molar-refractivity contribution in [2.24, 2.45) is 0 Å². The SMILES string of the molecule is N#Cc1ccc(Cl)cc1NCC(C(=O)O)c1ccccc1. The van der Waals surface area contributed by atoms with Crippen molar-refractivity contribution in [1.82, 2.24) is 0 Å².